The Balaban J connectivity index is 2.27. The van der Waals surface area contributed by atoms with Gasteiger partial charge in [0, 0.05) is 17.6 Å². The summed E-state index contributed by atoms with van der Waals surface area (Å²) in [5.41, 5.74) is 0. The molecule has 2 nitrogen and oxygen atoms in total. The maximum absolute atomic E-state index is 4.19. The van der Waals surface area contributed by atoms with Crippen molar-refractivity contribution in [3.05, 3.63) is 16.1 Å². The van der Waals surface area contributed by atoms with Crippen LogP contribution in [0.4, 0.5) is 0 Å². The van der Waals surface area contributed by atoms with Crippen molar-refractivity contribution in [3.63, 3.8) is 0 Å². The number of nitrogens with zero attached hydrogens (tertiary/aromatic N) is 1. The van der Waals surface area contributed by atoms with E-state index in [0.717, 1.165) is 24.5 Å². The molecular weight excluding hydrogens is 156 g/mol. The van der Waals surface area contributed by atoms with Crippen molar-refractivity contribution in [1.29, 1.82) is 0 Å². The average Bonchev–Trinajstić information content (AvgIpc) is 2.37. The largest absolute Gasteiger partial charge is 0.317 e. The van der Waals surface area contributed by atoms with E-state index in [1.165, 1.54) is 4.88 Å². The van der Waals surface area contributed by atoms with Crippen LogP contribution in [-0.4, -0.2) is 18.1 Å². The lowest BCUT2D eigenvalue weighted by Crippen LogP contribution is -2.15. The summed E-state index contributed by atoms with van der Waals surface area (Å²) in [7, 11) is 0. The smallest absolute Gasteiger partial charge is 0.0896 e. The summed E-state index contributed by atoms with van der Waals surface area (Å²) in [6, 6.07) is 0. The predicted octanol–water partition coefficient (Wildman–Crippen LogP) is 1.60. The van der Waals surface area contributed by atoms with Crippen LogP contribution in [0, 0.1) is 6.92 Å². The number of aryl methyl sites for hydroxylation is 1. The number of aromatic nitrogens is 1. The molecule has 0 spiro atoms. The van der Waals surface area contributed by atoms with Gasteiger partial charge in [-0.2, -0.15) is 0 Å². The maximum atomic E-state index is 4.19. The molecule has 0 aliphatic rings. The molecule has 0 radical (unpaired) electrons. The highest BCUT2D eigenvalue weighted by molar-refractivity contribution is 7.11. The second kappa shape index (κ2) is 4.46. The Hall–Kier alpha value is -0.410. The highest BCUT2D eigenvalue weighted by Crippen LogP contribution is 2.10. The minimum absolute atomic E-state index is 1.05. The number of hydrogen-bond donors (Lipinski definition) is 1. The lowest BCUT2D eigenvalue weighted by molar-refractivity contribution is 0.720. The van der Waals surface area contributed by atoms with Gasteiger partial charge in [0.2, 0.25) is 0 Å². The van der Waals surface area contributed by atoms with E-state index >= 15 is 0 Å². The molecule has 0 aliphatic carbocycles. The Bertz CT molecular complexity index is 208. The number of hydrogen-bond acceptors (Lipinski definition) is 3. The lowest BCUT2D eigenvalue weighted by Gasteiger charge is -1.96. The fourth-order valence-electron chi connectivity index (χ4n) is 0.909. The van der Waals surface area contributed by atoms with Crippen LogP contribution < -0.4 is 5.32 Å². The molecule has 0 aliphatic heterocycles. The number of nitrogens with one attached hydrogen (secondary N) is 1. The third kappa shape index (κ3) is 2.99. The van der Waals surface area contributed by atoms with E-state index in [1.54, 1.807) is 11.3 Å². The molecule has 0 unspecified atom stereocenters. The molecule has 0 fully saturated rings. The fraction of sp³-hybridized carbons (Fsp3) is 0.625. The van der Waals surface area contributed by atoms with E-state index in [0.29, 0.717) is 0 Å². The van der Waals surface area contributed by atoms with Crippen LogP contribution in [0.1, 0.15) is 16.8 Å². The summed E-state index contributed by atoms with van der Waals surface area (Å²) < 4.78 is 0. The molecule has 0 saturated carbocycles. The zero-order chi connectivity index (χ0) is 8.10. The third-order valence-corrected chi connectivity index (χ3v) is 2.44. The predicted molar refractivity (Wildman–Crippen MR) is 49.1 cm³/mol. The van der Waals surface area contributed by atoms with Crippen molar-refractivity contribution in [2.24, 2.45) is 0 Å². The summed E-state index contributed by atoms with van der Waals surface area (Å²) in [4.78, 5) is 5.56. The molecule has 0 aromatic carbocycles. The van der Waals surface area contributed by atoms with Gasteiger partial charge in [0.05, 0.1) is 5.01 Å². The quantitative estimate of drug-likeness (QED) is 0.694. The van der Waals surface area contributed by atoms with E-state index in [1.807, 2.05) is 13.1 Å². The molecular formula is C8H14N2S. The molecule has 1 heterocycles. The summed E-state index contributed by atoms with van der Waals surface area (Å²) in [6.07, 6.45) is 3.08. The van der Waals surface area contributed by atoms with Gasteiger partial charge in [0.25, 0.3) is 0 Å². The van der Waals surface area contributed by atoms with Gasteiger partial charge in [0.1, 0.15) is 0 Å². The Morgan fingerprint density at radius 2 is 2.45 bits per heavy atom. The van der Waals surface area contributed by atoms with Gasteiger partial charge < -0.3 is 5.32 Å². The van der Waals surface area contributed by atoms with Gasteiger partial charge in [0.15, 0.2) is 0 Å². The van der Waals surface area contributed by atoms with Gasteiger partial charge in [-0.3, -0.25) is 0 Å². The minimum Gasteiger partial charge on any atom is -0.317 e. The van der Waals surface area contributed by atoms with Gasteiger partial charge in [-0.05, 0) is 19.9 Å². The van der Waals surface area contributed by atoms with Crippen molar-refractivity contribution < 1.29 is 0 Å². The van der Waals surface area contributed by atoms with E-state index in [-0.39, 0.29) is 0 Å². The SMILES string of the molecule is CCNCCc1cnc(C)s1. The molecule has 1 rings (SSSR count). The summed E-state index contributed by atoms with van der Waals surface area (Å²) in [6.45, 7) is 6.29. The zero-order valence-electron chi connectivity index (χ0n) is 7.05. The van der Waals surface area contributed by atoms with Gasteiger partial charge in [-0.25, -0.2) is 4.98 Å². The Labute approximate surface area is 71.7 Å². The molecule has 1 aromatic heterocycles. The molecule has 1 aromatic rings. The third-order valence-electron chi connectivity index (χ3n) is 1.47. The standard InChI is InChI=1S/C8H14N2S/c1-3-9-5-4-8-6-10-7(2)11-8/h6,9H,3-5H2,1-2H3. The second-order valence-electron chi connectivity index (χ2n) is 2.45. The first-order valence-electron chi connectivity index (χ1n) is 3.95. The fourth-order valence-corrected chi connectivity index (χ4v) is 1.70. The molecule has 0 amide bonds. The van der Waals surface area contributed by atoms with Crippen molar-refractivity contribution in [2.45, 2.75) is 20.3 Å². The number of rotatable bonds is 4. The Morgan fingerprint density at radius 3 is 3.00 bits per heavy atom. The van der Waals surface area contributed by atoms with Crippen LogP contribution in [0.2, 0.25) is 0 Å². The second-order valence-corrected chi connectivity index (χ2v) is 3.77. The minimum atomic E-state index is 1.05. The van der Waals surface area contributed by atoms with Crippen LogP contribution >= 0.6 is 11.3 Å². The Morgan fingerprint density at radius 1 is 1.64 bits per heavy atom. The first-order valence-corrected chi connectivity index (χ1v) is 4.76. The van der Waals surface area contributed by atoms with Crippen LogP contribution in [0.5, 0.6) is 0 Å². The highest BCUT2D eigenvalue weighted by atomic mass is 32.1. The number of thiazole rings is 1. The van der Waals surface area contributed by atoms with Crippen LogP contribution in [0.3, 0.4) is 0 Å². The van der Waals surface area contributed by atoms with Gasteiger partial charge >= 0.3 is 0 Å². The van der Waals surface area contributed by atoms with Crippen LogP contribution in [0.25, 0.3) is 0 Å². The van der Waals surface area contributed by atoms with E-state index < -0.39 is 0 Å². The van der Waals surface area contributed by atoms with Crippen molar-refractivity contribution in [2.75, 3.05) is 13.1 Å². The topological polar surface area (TPSA) is 24.9 Å². The number of likely N-dealkylation sites (N-methyl/N-ethyl adjacent to an activating group) is 1. The maximum Gasteiger partial charge on any atom is 0.0896 e. The molecule has 1 N–H and O–H groups in total. The average molecular weight is 170 g/mol. The molecule has 0 bridgehead atoms. The van der Waals surface area contributed by atoms with E-state index in [9.17, 15) is 0 Å². The van der Waals surface area contributed by atoms with Gasteiger partial charge in [-0.1, -0.05) is 6.92 Å². The molecule has 11 heavy (non-hydrogen) atoms. The first kappa shape index (κ1) is 8.68. The van der Waals surface area contributed by atoms with Crippen molar-refractivity contribution >= 4 is 11.3 Å². The van der Waals surface area contributed by atoms with Crippen molar-refractivity contribution in [1.82, 2.24) is 10.3 Å². The highest BCUT2D eigenvalue weighted by Gasteiger charge is 1.95. The lowest BCUT2D eigenvalue weighted by atomic mass is 10.4. The van der Waals surface area contributed by atoms with Crippen LogP contribution in [0.15, 0.2) is 6.20 Å². The summed E-state index contributed by atoms with van der Waals surface area (Å²) in [5.74, 6) is 0. The Kier molecular flexibility index (Phi) is 3.52. The van der Waals surface area contributed by atoms with Crippen molar-refractivity contribution in [3.8, 4) is 0 Å². The monoisotopic (exact) mass is 170 g/mol. The molecule has 62 valence electrons. The molecule has 3 heteroatoms. The normalized spacial score (nSPS) is 10.4. The molecule has 0 saturated heterocycles. The van der Waals surface area contributed by atoms with Gasteiger partial charge in [-0.15, -0.1) is 11.3 Å². The summed E-state index contributed by atoms with van der Waals surface area (Å²) in [5, 5.41) is 4.45. The van der Waals surface area contributed by atoms with E-state index in [4.69, 9.17) is 0 Å². The molecule has 0 atom stereocenters. The zero-order valence-corrected chi connectivity index (χ0v) is 7.87. The van der Waals surface area contributed by atoms with E-state index in [2.05, 4.69) is 17.2 Å². The van der Waals surface area contributed by atoms with Crippen LogP contribution in [-0.2, 0) is 6.42 Å². The first-order chi connectivity index (χ1) is 5.33. The summed E-state index contributed by atoms with van der Waals surface area (Å²) >= 11 is 1.79.